The number of nitrogens with two attached hydrogens (primary N) is 2. The zero-order chi connectivity index (χ0) is 23.3. The van der Waals surface area contributed by atoms with Crippen molar-refractivity contribution in [3.8, 4) is 0 Å². The highest BCUT2D eigenvalue weighted by Crippen LogP contribution is 2.39. The lowest BCUT2D eigenvalue weighted by molar-refractivity contribution is 0.109. The van der Waals surface area contributed by atoms with Crippen molar-refractivity contribution < 1.29 is 0 Å². The van der Waals surface area contributed by atoms with Gasteiger partial charge in [0.25, 0.3) is 0 Å². The zero-order valence-corrected chi connectivity index (χ0v) is 22.2. The Kier molecular flexibility index (Phi) is 20.4. The van der Waals surface area contributed by atoms with Gasteiger partial charge in [-0.2, -0.15) is 0 Å². The van der Waals surface area contributed by atoms with Crippen LogP contribution in [0.1, 0.15) is 156 Å². The summed E-state index contributed by atoms with van der Waals surface area (Å²) < 4.78 is 0. The van der Waals surface area contributed by atoms with E-state index < -0.39 is 0 Å². The van der Waals surface area contributed by atoms with Crippen molar-refractivity contribution in [3.05, 3.63) is 0 Å². The van der Waals surface area contributed by atoms with E-state index in [0.29, 0.717) is 6.54 Å². The molecule has 0 heterocycles. The molecule has 0 saturated carbocycles. The molecule has 0 fully saturated rings. The molecule has 0 atom stereocenters. The Hall–Kier alpha value is -0.120. The summed E-state index contributed by atoms with van der Waals surface area (Å²) in [5.41, 5.74) is 13.5. The third-order valence-electron chi connectivity index (χ3n) is 7.43. The summed E-state index contributed by atoms with van der Waals surface area (Å²) in [5.74, 6) is 0. The summed E-state index contributed by atoms with van der Waals surface area (Å²) >= 11 is 0. The monoisotopic (exact) mass is 439 g/mol. The fourth-order valence-electron chi connectivity index (χ4n) is 5.33. The standard InChI is InChI=1S/C28H61N3/c1-5-9-13-17-21-27(30,22-18-14-10-6-2)28(31-26-25-29,23-19-15-11-7-3)24-20-16-12-8-4/h31H,5-26,29-30H2,1-4H3. The quantitative estimate of drug-likeness (QED) is 0.134. The molecule has 3 nitrogen and oxygen atoms in total. The van der Waals surface area contributed by atoms with Crippen molar-refractivity contribution in [2.45, 2.75) is 167 Å². The Bertz CT molecular complexity index is 345. The van der Waals surface area contributed by atoms with Crippen LogP contribution < -0.4 is 16.8 Å². The minimum absolute atomic E-state index is 0.0479. The fourth-order valence-corrected chi connectivity index (χ4v) is 5.33. The van der Waals surface area contributed by atoms with E-state index in [2.05, 4.69) is 33.0 Å². The number of unbranched alkanes of at least 4 members (excludes halogenated alkanes) is 12. The Morgan fingerprint density at radius 1 is 0.516 bits per heavy atom. The first-order valence-corrected chi connectivity index (χ1v) is 14.3. The fraction of sp³-hybridized carbons (Fsp3) is 1.00. The van der Waals surface area contributed by atoms with E-state index in [-0.39, 0.29) is 11.1 Å². The average molecular weight is 440 g/mol. The molecule has 0 rings (SSSR count). The molecule has 0 saturated heterocycles. The lowest BCUT2D eigenvalue weighted by Crippen LogP contribution is -2.68. The van der Waals surface area contributed by atoms with Crippen LogP contribution in [0.15, 0.2) is 0 Å². The maximum atomic E-state index is 7.51. The summed E-state index contributed by atoms with van der Waals surface area (Å²) in [4.78, 5) is 0. The Morgan fingerprint density at radius 2 is 0.871 bits per heavy atom. The van der Waals surface area contributed by atoms with Gasteiger partial charge in [-0.15, -0.1) is 0 Å². The van der Waals surface area contributed by atoms with Gasteiger partial charge in [-0.25, -0.2) is 0 Å². The molecule has 5 N–H and O–H groups in total. The molecule has 0 spiro atoms. The van der Waals surface area contributed by atoms with E-state index in [1.165, 1.54) is 116 Å². The molecule has 0 aromatic rings. The Balaban J connectivity index is 5.62. The lowest BCUT2D eigenvalue weighted by Gasteiger charge is -2.51. The first-order chi connectivity index (χ1) is 15.1. The summed E-state index contributed by atoms with van der Waals surface area (Å²) in [6.07, 6.45) is 25.7. The minimum atomic E-state index is -0.109. The van der Waals surface area contributed by atoms with Crippen LogP contribution in [0.25, 0.3) is 0 Å². The normalized spacial score (nSPS) is 12.6. The molecule has 0 aliphatic rings. The van der Waals surface area contributed by atoms with Crippen LogP contribution in [0.3, 0.4) is 0 Å². The van der Waals surface area contributed by atoms with Gasteiger partial charge in [-0.05, 0) is 25.7 Å². The van der Waals surface area contributed by atoms with Crippen molar-refractivity contribution in [2.75, 3.05) is 13.1 Å². The first-order valence-electron chi connectivity index (χ1n) is 14.3. The van der Waals surface area contributed by atoms with Crippen LogP contribution in [0.4, 0.5) is 0 Å². The average Bonchev–Trinajstić information content (AvgIpc) is 2.78. The number of hydrogen-bond acceptors (Lipinski definition) is 3. The lowest BCUT2D eigenvalue weighted by atomic mass is 9.66. The SMILES string of the molecule is CCCCCCC(N)(CCCCCC)C(CCCCCC)(CCCCCC)NCCN. The molecule has 0 aromatic heterocycles. The highest BCUT2D eigenvalue weighted by molar-refractivity contribution is 5.09. The highest BCUT2D eigenvalue weighted by atomic mass is 15.1. The molecule has 0 aliphatic heterocycles. The highest BCUT2D eigenvalue weighted by Gasteiger charge is 2.46. The van der Waals surface area contributed by atoms with Crippen molar-refractivity contribution in [3.63, 3.8) is 0 Å². The van der Waals surface area contributed by atoms with E-state index in [1.807, 2.05) is 0 Å². The third kappa shape index (κ3) is 13.2. The largest absolute Gasteiger partial charge is 0.329 e. The number of rotatable bonds is 24. The molecular formula is C28H61N3. The van der Waals surface area contributed by atoms with Crippen molar-refractivity contribution in [2.24, 2.45) is 11.5 Å². The van der Waals surface area contributed by atoms with Gasteiger partial charge < -0.3 is 16.8 Å². The maximum absolute atomic E-state index is 7.51. The van der Waals surface area contributed by atoms with Gasteiger partial charge in [-0.3, -0.25) is 0 Å². The van der Waals surface area contributed by atoms with Crippen LogP contribution in [-0.4, -0.2) is 24.2 Å². The molecule has 0 amide bonds. The summed E-state index contributed by atoms with van der Waals surface area (Å²) in [6.45, 7) is 10.8. The van der Waals surface area contributed by atoms with Crippen molar-refractivity contribution in [1.82, 2.24) is 5.32 Å². The third-order valence-corrected chi connectivity index (χ3v) is 7.43. The smallest absolute Gasteiger partial charge is 0.0362 e. The van der Waals surface area contributed by atoms with Crippen LogP contribution in [0.5, 0.6) is 0 Å². The van der Waals surface area contributed by atoms with Crippen LogP contribution in [0, 0.1) is 0 Å². The predicted octanol–water partition coefficient (Wildman–Crippen LogP) is 7.85. The molecule has 0 unspecified atom stereocenters. The Morgan fingerprint density at radius 3 is 1.19 bits per heavy atom. The zero-order valence-electron chi connectivity index (χ0n) is 22.2. The van der Waals surface area contributed by atoms with Gasteiger partial charge in [0.15, 0.2) is 0 Å². The van der Waals surface area contributed by atoms with Gasteiger partial charge in [0.1, 0.15) is 0 Å². The molecule has 3 heteroatoms. The van der Waals surface area contributed by atoms with Crippen LogP contribution in [0.2, 0.25) is 0 Å². The predicted molar refractivity (Wildman–Crippen MR) is 142 cm³/mol. The second kappa shape index (κ2) is 20.5. The molecule has 0 aliphatic carbocycles. The second-order valence-electron chi connectivity index (χ2n) is 10.2. The number of hydrogen-bond donors (Lipinski definition) is 3. The van der Waals surface area contributed by atoms with Gasteiger partial charge >= 0.3 is 0 Å². The van der Waals surface area contributed by atoms with Gasteiger partial charge in [0.05, 0.1) is 0 Å². The van der Waals surface area contributed by atoms with Crippen molar-refractivity contribution >= 4 is 0 Å². The first kappa shape index (κ1) is 30.9. The summed E-state index contributed by atoms with van der Waals surface area (Å²) in [6, 6.07) is 0. The van der Waals surface area contributed by atoms with Gasteiger partial charge in [-0.1, -0.05) is 130 Å². The number of nitrogens with one attached hydrogen (secondary N) is 1. The molecule has 0 radical (unpaired) electrons. The molecule has 0 bridgehead atoms. The van der Waals surface area contributed by atoms with E-state index in [1.54, 1.807) is 0 Å². The van der Waals surface area contributed by atoms with E-state index in [0.717, 1.165) is 19.4 Å². The van der Waals surface area contributed by atoms with Gasteiger partial charge in [0, 0.05) is 24.2 Å². The Labute approximate surface area is 197 Å². The molecule has 31 heavy (non-hydrogen) atoms. The van der Waals surface area contributed by atoms with Crippen molar-refractivity contribution in [1.29, 1.82) is 0 Å². The molecule has 0 aromatic carbocycles. The van der Waals surface area contributed by atoms with Crippen LogP contribution in [-0.2, 0) is 0 Å². The van der Waals surface area contributed by atoms with E-state index in [9.17, 15) is 0 Å². The molecule has 188 valence electrons. The van der Waals surface area contributed by atoms with Crippen LogP contribution >= 0.6 is 0 Å². The minimum Gasteiger partial charge on any atom is -0.329 e. The van der Waals surface area contributed by atoms with E-state index >= 15 is 0 Å². The summed E-state index contributed by atoms with van der Waals surface area (Å²) in [7, 11) is 0. The topological polar surface area (TPSA) is 64.1 Å². The maximum Gasteiger partial charge on any atom is 0.0362 e. The second-order valence-corrected chi connectivity index (χ2v) is 10.2. The summed E-state index contributed by atoms with van der Waals surface area (Å²) in [5, 5.41) is 4.01. The molecular weight excluding hydrogens is 378 g/mol. The van der Waals surface area contributed by atoms with E-state index in [4.69, 9.17) is 11.5 Å². The van der Waals surface area contributed by atoms with Gasteiger partial charge in [0.2, 0.25) is 0 Å².